The monoisotopic (exact) mass is 402 g/mol. The fraction of sp³-hybridized carbons (Fsp3) is 0.842. The first-order chi connectivity index (χ1) is 13.0. The van der Waals surface area contributed by atoms with Gasteiger partial charge in [0.15, 0.2) is 0 Å². The largest absolute Gasteiger partial charge is 0.389 e. The van der Waals surface area contributed by atoms with Gasteiger partial charge >= 0.3 is 0 Å². The molecule has 0 radical (unpaired) electrons. The molecule has 0 spiro atoms. The van der Waals surface area contributed by atoms with E-state index in [4.69, 9.17) is 4.74 Å². The Labute approximate surface area is 165 Å². The second-order valence-corrected chi connectivity index (χ2v) is 8.27. The molecule has 1 aromatic heterocycles. The minimum Gasteiger partial charge on any atom is -0.389 e. The number of aliphatic hydroxyl groups is 4. The van der Waals surface area contributed by atoms with Crippen molar-refractivity contribution in [1.82, 2.24) is 9.88 Å². The molecule has 1 saturated heterocycles. The highest BCUT2D eigenvalue weighted by Crippen LogP contribution is 2.15. The molecular weight excluding hydrogens is 368 g/mol. The van der Waals surface area contributed by atoms with E-state index in [2.05, 4.69) is 17.3 Å². The van der Waals surface area contributed by atoms with Gasteiger partial charge in [0.05, 0.1) is 29.5 Å². The number of nitrogens with zero attached hydrogens (tertiary/aromatic N) is 2. The summed E-state index contributed by atoms with van der Waals surface area (Å²) < 4.78 is 5.69. The summed E-state index contributed by atoms with van der Waals surface area (Å²) in [7, 11) is 0. The molecule has 2 rings (SSSR count). The van der Waals surface area contributed by atoms with Gasteiger partial charge in [-0.3, -0.25) is 4.90 Å². The summed E-state index contributed by atoms with van der Waals surface area (Å²) in [5, 5.41) is 42.4. The van der Waals surface area contributed by atoms with E-state index in [1.807, 2.05) is 4.90 Å². The zero-order chi connectivity index (χ0) is 19.6. The topological polar surface area (TPSA) is 106 Å². The van der Waals surface area contributed by atoms with Crippen molar-refractivity contribution in [3.05, 3.63) is 16.1 Å². The number of likely N-dealkylation sites (tertiary alicyclic amines) is 1. The third-order valence-electron chi connectivity index (χ3n) is 4.86. The molecule has 4 atom stereocenters. The summed E-state index contributed by atoms with van der Waals surface area (Å²) in [4.78, 5) is 6.45. The van der Waals surface area contributed by atoms with Gasteiger partial charge in [0.25, 0.3) is 0 Å². The molecule has 0 saturated carbocycles. The lowest BCUT2D eigenvalue weighted by Gasteiger charge is -2.23. The van der Waals surface area contributed by atoms with Crippen LogP contribution in [0.25, 0.3) is 0 Å². The number of β-amino-alcohol motifs (C(OH)–C–C–N with tert-alkyl or cyclic N) is 2. The van der Waals surface area contributed by atoms with Crippen LogP contribution < -0.4 is 0 Å². The highest BCUT2D eigenvalue weighted by molar-refractivity contribution is 7.09. The number of hydrogen-bond acceptors (Lipinski definition) is 8. The van der Waals surface area contributed by atoms with Gasteiger partial charge in [0, 0.05) is 25.1 Å². The normalized spacial score (nSPS) is 27.0. The van der Waals surface area contributed by atoms with Crippen LogP contribution in [0.15, 0.2) is 5.38 Å². The molecule has 1 fully saturated rings. The van der Waals surface area contributed by atoms with Crippen molar-refractivity contribution in [2.45, 2.75) is 76.5 Å². The number of aliphatic hydroxyl groups excluding tert-OH is 4. The lowest BCUT2D eigenvalue weighted by atomic mass is 10.1. The van der Waals surface area contributed by atoms with Gasteiger partial charge < -0.3 is 25.2 Å². The smallest absolute Gasteiger partial charge is 0.110 e. The number of ether oxygens (including phenoxy) is 1. The van der Waals surface area contributed by atoms with Gasteiger partial charge in [0.1, 0.15) is 12.2 Å². The van der Waals surface area contributed by atoms with Crippen molar-refractivity contribution in [3.8, 4) is 0 Å². The Morgan fingerprint density at radius 1 is 1.07 bits per heavy atom. The highest BCUT2D eigenvalue weighted by Gasteiger charge is 2.35. The number of unbranched alkanes of at least 4 members (excludes halogenated alkanes) is 3. The van der Waals surface area contributed by atoms with E-state index in [-0.39, 0.29) is 13.1 Å². The maximum Gasteiger partial charge on any atom is 0.110 e. The molecule has 0 amide bonds. The van der Waals surface area contributed by atoms with Gasteiger partial charge in [-0.05, 0) is 32.2 Å². The number of hydrogen-bond donors (Lipinski definition) is 4. The first kappa shape index (κ1) is 22.7. The van der Waals surface area contributed by atoms with Crippen molar-refractivity contribution >= 4 is 11.3 Å². The predicted molar refractivity (Wildman–Crippen MR) is 105 cm³/mol. The molecule has 7 nitrogen and oxygen atoms in total. The van der Waals surface area contributed by atoms with Crippen molar-refractivity contribution < 1.29 is 25.2 Å². The quantitative estimate of drug-likeness (QED) is 0.408. The molecular formula is C19H34N2O5S. The molecule has 4 N–H and O–H groups in total. The molecule has 0 bridgehead atoms. The number of thiazole rings is 1. The first-order valence-electron chi connectivity index (χ1n) is 9.97. The summed E-state index contributed by atoms with van der Waals surface area (Å²) >= 11 is 1.70. The SMILES string of the molecule is CCCc1nc(COCCCCCCN2C[C@H](O)[C@@H](O)[C@H](O)[C@@H](O)C2)cs1. The molecule has 8 heteroatoms. The minimum absolute atomic E-state index is 0.270. The zero-order valence-corrected chi connectivity index (χ0v) is 17.0. The minimum atomic E-state index is -1.29. The Morgan fingerprint density at radius 3 is 2.41 bits per heavy atom. The first-order valence-corrected chi connectivity index (χ1v) is 10.8. The molecule has 0 unspecified atom stereocenters. The summed E-state index contributed by atoms with van der Waals surface area (Å²) in [6.07, 6.45) is 1.53. The average molecular weight is 403 g/mol. The van der Waals surface area contributed by atoms with Crippen molar-refractivity contribution in [1.29, 1.82) is 0 Å². The van der Waals surface area contributed by atoms with Crippen LogP contribution in [-0.2, 0) is 17.8 Å². The number of rotatable bonds is 11. The molecule has 0 aliphatic carbocycles. The summed E-state index contributed by atoms with van der Waals surface area (Å²) in [5.41, 5.74) is 1.02. The second-order valence-electron chi connectivity index (χ2n) is 7.32. The molecule has 0 aromatic carbocycles. The third kappa shape index (κ3) is 7.73. The van der Waals surface area contributed by atoms with Crippen LogP contribution in [0.5, 0.6) is 0 Å². The van der Waals surface area contributed by atoms with Crippen molar-refractivity contribution in [2.75, 3.05) is 26.2 Å². The molecule has 1 aliphatic heterocycles. The molecule has 1 aromatic rings. The van der Waals surface area contributed by atoms with Crippen molar-refractivity contribution in [3.63, 3.8) is 0 Å². The summed E-state index contributed by atoms with van der Waals surface area (Å²) in [6.45, 7) is 4.72. The number of aryl methyl sites for hydroxylation is 1. The Kier molecular flexibility index (Phi) is 10.1. The predicted octanol–water partition coefficient (Wildman–Crippen LogP) is 0.932. The van der Waals surface area contributed by atoms with E-state index in [0.717, 1.165) is 57.4 Å². The molecule has 156 valence electrons. The van der Waals surface area contributed by atoms with Crippen LogP contribution >= 0.6 is 11.3 Å². The van der Waals surface area contributed by atoms with Gasteiger partial charge in [-0.15, -0.1) is 11.3 Å². The fourth-order valence-corrected chi connectivity index (χ4v) is 4.16. The molecule has 27 heavy (non-hydrogen) atoms. The summed E-state index contributed by atoms with van der Waals surface area (Å²) in [6, 6.07) is 0. The van der Waals surface area contributed by atoms with Gasteiger partial charge in [-0.2, -0.15) is 0 Å². The Morgan fingerprint density at radius 2 is 1.74 bits per heavy atom. The fourth-order valence-electron chi connectivity index (χ4n) is 3.27. The Balaban J connectivity index is 1.51. The molecule has 2 heterocycles. The van der Waals surface area contributed by atoms with Crippen molar-refractivity contribution in [2.24, 2.45) is 0 Å². The lowest BCUT2D eigenvalue weighted by molar-refractivity contribution is -0.0894. The highest BCUT2D eigenvalue weighted by atomic mass is 32.1. The lowest BCUT2D eigenvalue weighted by Crippen LogP contribution is -2.43. The molecule has 1 aliphatic rings. The Bertz CT molecular complexity index is 514. The van der Waals surface area contributed by atoms with Gasteiger partial charge in [-0.25, -0.2) is 4.98 Å². The third-order valence-corrected chi connectivity index (χ3v) is 5.81. The van der Waals surface area contributed by atoms with Crippen LogP contribution in [0.3, 0.4) is 0 Å². The van der Waals surface area contributed by atoms with Gasteiger partial charge in [0.2, 0.25) is 0 Å². The van der Waals surface area contributed by atoms with E-state index in [0.29, 0.717) is 6.61 Å². The average Bonchev–Trinajstić information content (AvgIpc) is 3.06. The van der Waals surface area contributed by atoms with E-state index < -0.39 is 24.4 Å². The van der Waals surface area contributed by atoms with E-state index in [9.17, 15) is 20.4 Å². The second kappa shape index (κ2) is 12.1. The number of aromatic nitrogens is 1. The standard InChI is InChI=1S/C19H34N2O5S/c1-2-7-17-20-14(13-27-17)12-26-9-6-4-3-5-8-21-10-15(22)18(24)19(25)16(23)11-21/h13,15-16,18-19,22-25H,2-12H2,1H3/t15-,16-,18+,19+/m0/s1. The van der Waals surface area contributed by atoms with Crippen LogP contribution in [0.1, 0.15) is 49.7 Å². The van der Waals surface area contributed by atoms with Crippen LogP contribution in [0, 0.1) is 0 Å². The maximum absolute atomic E-state index is 9.86. The summed E-state index contributed by atoms with van der Waals surface area (Å²) in [5.74, 6) is 0. The Hall–Kier alpha value is -0.610. The van der Waals surface area contributed by atoms with Crippen LogP contribution in [0.2, 0.25) is 0 Å². The maximum atomic E-state index is 9.86. The van der Waals surface area contributed by atoms with Crippen LogP contribution in [0.4, 0.5) is 0 Å². The van der Waals surface area contributed by atoms with E-state index in [1.165, 1.54) is 5.01 Å². The van der Waals surface area contributed by atoms with Crippen LogP contribution in [-0.4, -0.2) is 81.0 Å². The van der Waals surface area contributed by atoms with E-state index in [1.54, 1.807) is 11.3 Å². The van der Waals surface area contributed by atoms with E-state index >= 15 is 0 Å². The zero-order valence-electron chi connectivity index (χ0n) is 16.2. The van der Waals surface area contributed by atoms with Gasteiger partial charge in [-0.1, -0.05) is 19.8 Å².